The van der Waals surface area contributed by atoms with Gasteiger partial charge in [0.15, 0.2) is 17.5 Å². The lowest BCUT2D eigenvalue weighted by Gasteiger charge is -2.05. The number of nitrogens with one attached hydrogen (secondary N) is 1. The lowest BCUT2D eigenvalue weighted by Crippen LogP contribution is -2.24. The molecule has 0 saturated carbocycles. The number of carbonyl (C=O) groups is 1. The van der Waals surface area contributed by atoms with Gasteiger partial charge in [0.05, 0.1) is 12.1 Å². The summed E-state index contributed by atoms with van der Waals surface area (Å²) in [5.41, 5.74) is -0.600. The molecule has 0 aliphatic rings. The number of aromatic nitrogens is 2. The first-order valence-corrected chi connectivity index (χ1v) is 6.14. The van der Waals surface area contributed by atoms with E-state index in [1.165, 1.54) is 0 Å². The summed E-state index contributed by atoms with van der Waals surface area (Å²) in [6.07, 6.45) is 0. The minimum atomic E-state index is -1.69. The molecule has 5 nitrogen and oxygen atoms in total. The zero-order chi connectivity index (χ0) is 15.6. The molecule has 0 aliphatic carbocycles. The van der Waals surface area contributed by atoms with Crippen LogP contribution in [0.3, 0.4) is 0 Å². The number of hydrogen-bond donors (Lipinski definition) is 1. The maximum atomic E-state index is 13.4. The number of amides is 1. The highest BCUT2D eigenvalue weighted by molar-refractivity contribution is 5.94. The standard InChI is InChI=1S/C13H12F3N3O2/c1-6(2)13-19-18-9(21-13)5-17-12(20)7-3-4-8(14)11(16)10(7)15/h3-4,6H,5H2,1-2H3,(H,17,20). The van der Waals surface area contributed by atoms with E-state index in [1.54, 1.807) is 0 Å². The zero-order valence-electron chi connectivity index (χ0n) is 11.3. The Hall–Kier alpha value is -2.38. The van der Waals surface area contributed by atoms with E-state index in [0.29, 0.717) is 12.0 Å². The molecule has 0 unspecified atom stereocenters. The van der Waals surface area contributed by atoms with E-state index >= 15 is 0 Å². The molecule has 112 valence electrons. The van der Waals surface area contributed by atoms with Crippen LogP contribution in [0, 0.1) is 17.5 Å². The lowest BCUT2D eigenvalue weighted by molar-refractivity contribution is 0.0941. The van der Waals surface area contributed by atoms with Gasteiger partial charge in [-0.25, -0.2) is 13.2 Å². The van der Waals surface area contributed by atoms with Gasteiger partial charge < -0.3 is 9.73 Å². The van der Waals surface area contributed by atoms with E-state index in [4.69, 9.17) is 4.42 Å². The molecule has 0 spiro atoms. The minimum absolute atomic E-state index is 0.0330. The van der Waals surface area contributed by atoms with Crippen LogP contribution in [-0.4, -0.2) is 16.1 Å². The van der Waals surface area contributed by atoms with Gasteiger partial charge in [0.25, 0.3) is 5.91 Å². The van der Waals surface area contributed by atoms with E-state index in [0.717, 1.165) is 6.07 Å². The fourth-order valence-corrected chi connectivity index (χ4v) is 1.52. The second-order valence-electron chi connectivity index (χ2n) is 4.59. The van der Waals surface area contributed by atoms with Crippen molar-refractivity contribution in [3.8, 4) is 0 Å². The minimum Gasteiger partial charge on any atom is -0.423 e. The van der Waals surface area contributed by atoms with Crippen LogP contribution < -0.4 is 5.32 Å². The van der Waals surface area contributed by atoms with Gasteiger partial charge in [-0.3, -0.25) is 4.79 Å². The molecule has 1 N–H and O–H groups in total. The van der Waals surface area contributed by atoms with E-state index in [9.17, 15) is 18.0 Å². The average Bonchev–Trinajstić information content (AvgIpc) is 2.91. The molecule has 1 aromatic heterocycles. The second-order valence-corrected chi connectivity index (χ2v) is 4.59. The molecule has 0 saturated heterocycles. The topological polar surface area (TPSA) is 68.0 Å². The molecule has 0 atom stereocenters. The van der Waals surface area contributed by atoms with Gasteiger partial charge in [0, 0.05) is 5.92 Å². The molecule has 1 aromatic carbocycles. The molecule has 0 fully saturated rings. The van der Waals surface area contributed by atoms with Crippen molar-refractivity contribution in [2.45, 2.75) is 26.3 Å². The smallest absolute Gasteiger partial charge is 0.254 e. The van der Waals surface area contributed by atoms with Crippen LogP contribution in [0.2, 0.25) is 0 Å². The summed E-state index contributed by atoms with van der Waals surface area (Å²) in [6, 6.07) is 1.54. The molecule has 8 heteroatoms. The van der Waals surface area contributed by atoms with Gasteiger partial charge in [0.1, 0.15) is 0 Å². The van der Waals surface area contributed by atoms with E-state index < -0.39 is 28.9 Å². The molecule has 2 rings (SSSR count). The van der Waals surface area contributed by atoms with Crippen LogP contribution in [0.5, 0.6) is 0 Å². The number of halogens is 3. The van der Waals surface area contributed by atoms with Gasteiger partial charge in [-0.2, -0.15) is 0 Å². The fourth-order valence-electron chi connectivity index (χ4n) is 1.52. The highest BCUT2D eigenvalue weighted by atomic mass is 19.2. The van der Waals surface area contributed by atoms with Crippen LogP contribution in [0.15, 0.2) is 16.5 Å². The first-order valence-electron chi connectivity index (χ1n) is 6.14. The molecule has 0 bridgehead atoms. The van der Waals surface area contributed by atoms with Crippen molar-refractivity contribution in [2.24, 2.45) is 0 Å². The van der Waals surface area contributed by atoms with E-state index in [1.807, 2.05) is 13.8 Å². The van der Waals surface area contributed by atoms with Crippen molar-refractivity contribution in [2.75, 3.05) is 0 Å². The van der Waals surface area contributed by atoms with Crippen molar-refractivity contribution in [1.29, 1.82) is 0 Å². The predicted molar refractivity (Wildman–Crippen MR) is 65.9 cm³/mol. The molecule has 0 aliphatic heterocycles. The molecular weight excluding hydrogens is 287 g/mol. The molecule has 0 radical (unpaired) electrons. The predicted octanol–water partition coefficient (Wildman–Crippen LogP) is 2.54. The maximum absolute atomic E-state index is 13.4. The van der Waals surface area contributed by atoms with Crippen molar-refractivity contribution >= 4 is 5.91 Å². The van der Waals surface area contributed by atoms with Gasteiger partial charge in [-0.05, 0) is 12.1 Å². The van der Waals surface area contributed by atoms with Gasteiger partial charge >= 0.3 is 0 Å². The molecule has 1 heterocycles. The Morgan fingerprint density at radius 3 is 2.57 bits per heavy atom. The van der Waals surface area contributed by atoms with E-state index in [-0.39, 0.29) is 18.4 Å². The zero-order valence-corrected chi connectivity index (χ0v) is 11.3. The average molecular weight is 299 g/mol. The number of carbonyl (C=O) groups excluding carboxylic acids is 1. The summed E-state index contributed by atoms with van der Waals surface area (Å²) in [4.78, 5) is 11.7. The Morgan fingerprint density at radius 2 is 1.95 bits per heavy atom. The number of rotatable bonds is 4. The first-order chi connectivity index (χ1) is 9.90. The van der Waals surface area contributed by atoms with Crippen molar-refractivity contribution in [3.05, 3.63) is 46.9 Å². The summed E-state index contributed by atoms with van der Waals surface area (Å²) in [6.45, 7) is 3.57. The quantitative estimate of drug-likeness (QED) is 0.881. The third kappa shape index (κ3) is 3.21. The molecule has 1 amide bonds. The Balaban J connectivity index is 2.06. The normalized spacial score (nSPS) is 11.0. The molecule has 21 heavy (non-hydrogen) atoms. The van der Waals surface area contributed by atoms with Crippen molar-refractivity contribution in [1.82, 2.24) is 15.5 Å². The summed E-state index contributed by atoms with van der Waals surface area (Å²) < 4.78 is 44.5. The Bertz CT molecular complexity index is 671. The van der Waals surface area contributed by atoms with Crippen LogP contribution in [0.25, 0.3) is 0 Å². The number of hydrogen-bond acceptors (Lipinski definition) is 4. The highest BCUT2D eigenvalue weighted by Gasteiger charge is 2.19. The van der Waals surface area contributed by atoms with Crippen LogP contribution >= 0.6 is 0 Å². The summed E-state index contributed by atoms with van der Waals surface area (Å²) >= 11 is 0. The first kappa shape index (κ1) is 15.0. The summed E-state index contributed by atoms with van der Waals surface area (Å²) in [5, 5.41) is 9.75. The van der Waals surface area contributed by atoms with Gasteiger partial charge in [0.2, 0.25) is 11.8 Å². The Labute approximate surface area is 118 Å². The SMILES string of the molecule is CC(C)c1nnc(CNC(=O)c2ccc(F)c(F)c2F)o1. The maximum Gasteiger partial charge on any atom is 0.254 e. The lowest BCUT2D eigenvalue weighted by atomic mass is 10.2. The molecular formula is C13H12F3N3O2. The third-order valence-electron chi connectivity index (χ3n) is 2.66. The summed E-state index contributed by atoms with van der Waals surface area (Å²) in [7, 11) is 0. The van der Waals surface area contributed by atoms with Crippen LogP contribution in [0.1, 0.15) is 41.9 Å². The van der Waals surface area contributed by atoms with Crippen molar-refractivity contribution in [3.63, 3.8) is 0 Å². The Kier molecular flexibility index (Phi) is 4.25. The third-order valence-corrected chi connectivity index (χ3v) is 2.66. The van der Waals surface area contributed by atoms with Crippen LogP contribution in [-0.2, 0) is 6.54 Å². The molecule has 2 aromatic rings. The van der Waals surface area contributed by atoms with Crippen molar-refractivity contribution < 1.29 is 22.4 Å². The monoisotopic (exact) mass is 299 g/mol. The number of benzene rings is 1. The van der Waals surface area contributed by atoms with E-state index in [2.05, 4.69) is 15.5 Å². The largest absolute Gasteiger partial charge is 0.423 e. The Morgan fingerprint density at radius 1 is 1.24 bits per heavy atom. The number of nitrogens with zero attached hydrogens (tertiary/aromatic N) is 2. The fraction of sp³-hybridized carbons (Fsp3) is 0.308. The highest BCUT2D eigenvalue weighted by Crippen LogP contribution is 2.15. The summed E-state index contributed by atoms with van der Waals surface area (Å²) in [5.74, 6) is -4.93. The van der Waals surface area contributed by atoms with Gasteiger partial charge in [-0.15, -0.1) is 10.2 Å². The van der Waals surface area contributed by atoms with Gasteiger partial charge in [-0.1, -0.05) is 13.8 Å². The van der Waals surface area contributed by atoms with Crippen LogP contribution in [0.4, 0.5) is 13.2 Å². The second kappa shape index (κ2) is 5.94.